The molecular formula is C116H218O26. The van der Waals surface area contributed by atoms with E-state index in [1.54, 1.807) is 93.9 Å². The van der Waals surface area contributed by atoms with Gasteiger partial charge in [-0.3, -0.25) is 47.9 Å². The molecule has 0 amide bonds. The van der Waals surface area contributed by atoms with Crippen LogP contribution >= 0.6 is 0 Å². The van der Waals surface area contributed by atoms with Crippen LogP contribution in [0.3, 0.4) is 0 Å². The van der Waals surface area contributed by atoms with Gasteiger partial charge in [-0.1, -0.05) is 170 Å². The summed E-state index contributed by atoms with van der Waals surface area (Å²) >= 11 is 0. The molecule has 0 fully saturated rings. The van der Waals surface area contributed by atoms with Crippen molar-refractivity contribution in [1.29, 1.82) is 0 Å². The van der Waals surface area contributed by atoms with Crippen molar-refractivity contribution < 1.29 is 125 Å². The fourth-order valence-corrected chi connectivity index (χ4v) is 12.3. The zero-order valence-corrected chi connectivity index (χ0v) is 97.5. The topological polar surface area (TPSA) is 362 Å². The van der Waals surface area contributed by atoms with E-state index in [-0.39, 0.29) is 136 Å². The minimum Gasteiger partial charge on any atom is -0.481 e. The molecule has 26 nitrogen and oxygen atoms in total. The highest BCUT2D eigenvalue weighted by atomic mass is 16.6. The Morgan fingerprint density at radius 2 is 0.500 bits per heavy atom. The molecule has 0 aliphatic heterocycles. The van der Waals surface area contributed by atoms with Gasteiger partial charge in [0.2, 0.25) is 0 Å². The molecule has 10 atom stereocenters. The maximum atomic E-state index is 11.4. The van der Waals surface area contributed by atoms with Gasteiger partial charge in [0.1, 0.15) is 26.4 Å². The van der Waals surface area contributed by atoms with Gasteiger partial charge in [0.25, 0.3) is 0 Å². The molecule has 0 rings (SSSR count). The molecule has 26 heteroatoms. The Hall–Kier alpha value is -7.36. The van der Waals surface area contributed by atoms with Crippen molar-refractivity contribution in [2.75, 3.05) is 80.8 Å². The van der Waals surface area contributed by atoms with Gasteiger partial charge in [0.15, 0.2) is 0 Å². The predicted molar refractivity (Wildman–Crippen MR) is 582 cm³/mol. The maximum Gasteiger partial charge on any atom is 0.308 e. The van der Waals surface area contributed by atoms with Crippen LogP contribution < -0.4 is 0 Å². The van der Waals surface area contributed by atoms with Crippen molar-refractivity contribution in [3.8, 4) is 0 Å². The number of carbonyl (C=O) groups excluding carboxylic acids is 9. The van der Waals surface area contributed by atoms with Crippen LogP contribution in [0.2, 0.25) is 0 Å². The number of esters is 9. The monoisotopic (exact) mass is 2030 g/mol. The molecule has 0 radical (unpaired) electrons. The standard InChI is InChI=1S/C13H24O3.C13H26O3.C12H24O3.C12H22O3.2C12H20O2.C11H22O3.C11H22O2.C11H20O2.C9H18O3/c1-6-10-16-12(14)11(2)8-7-9-13(3,4)15-5;1-6-15-12(14)11(3)9-8-10-13(4,5)16-7-2;1-6-15-11(13)10(2)8-7-9-12(3,4)14-5;1-5-9-15-11(13)10(2)7-6-8-12(3,4)14;2*1-5-9-14-12(13)11(4)8-6-7-10(2)3;1-5-14-10(12)9(2)7-6-8-11(3,4)13;1-9(10(12)13-5)7-6-8-11(2,3)4;1-5-13-11(12)10(4)8-6-7-9(2)3;1-7(8(10)11)5-4-6-9(2,3)12/h6,11H,1,7-10H2,2-5H3;11H,6-10H2,1-5H3;10H,6-9H2,1-5H3;5,10,14H,1,6-9H2,2-4H3;5,7,11H,1,6,8-9H2,2-4H3;5,11H,1-2,6-9H2,3-4H3;9,13H,5-8H2,1-4H3;9H,6-8H2,1-5H3;10H,2,5-8H2,1,3-4H3;7,12H,4-6H2,1-3H3,(H,10,11). The molecule has 0 saturated carbocycles. The zero-order chi connectivity index (χ0) is 113. The molecule has 142 heavy (non-hydrogen) atoms. The molecule has 0 aliphatic rings. The van der Waals surface area contributed by atoms with Crippen molar-refractivity contribution in [3.05, 3.63) is 86.6 Å². The number of aliphatic hydroxyl groups is 3. The number of rotatable bonds is 64. The van der Waals surface area contributed by atoms with Crippen LogP contribution in [-0.2, 0) is 105 Å². The Kier molecular flexibility index (Phi) is 102. The highest BCUT2D eigenvalue weighted by molar-refractivity contribution is 5.75. The van der Waals surface area contributed by atoms with E-state index in [2.05, 4.69) is 113 Å². The third kappa shape index (κ3) is 118. The summed E-state index contributed by atoms with van der Waals surface area (Å²) in [6, 6.07) is 0. The molecule has 0 heterocycles. The van der Waals surface area contributed by atoms with Crippen molar-refractivity contribution in [1.82, 2.24) is 0 Å². The number of methoxy groups -OCH3 is 3. The Bertz CT molecular complexity index is 3290. The predicted octanol–water partition coefficient (Wildman–Crippen LogP) is 27.1. The minimum absolute atomic E-state index is 0.00222. The molecule has 0 spiro atoms. The van der Waals surface area contributed by atoms with Gasteiger partial charge < -0.3 is 77.3 Å². The van der Waals surface area contributed by atoms with Crippen LogP contribution in [0.4, 0.5) is 0 Å². The molecule has 10 unspecified atom stereocenters. The first-order valence-electron chi connectivity index (χ1n) is 52.3. The first-order chi connectivity index (χ1) is 65.4. The number of carbonyl (C=O) groups is 10. The Morgan fingerprint density at radius 3 is 0.697 bits per heavy atom. The Morgan fingerprint density at radius 1 is 0.289 bits per heavy atom. The summed E-state index contributed by atoms with van der Waals surface area (Å²) in [7, 11) is 4.87. The number of hydrogen-bond donors (Lipinski definition) is 4. The van der Waals surface area contributed by atoms with E-state index in [4.69, 9.17) is 57.2 Å². The van der Waals surface area contributed by atoms with Crippen LogP contribution in [-0.4, -0.2) is 195 Å². The second-order valence-corrected chi connectivity index (χ2v) is 42.5. The highest BCUT2D eigenvalue weighted by Crippen LogP contribution is 2.27. The smallest absolute Gasteiger partial charge is 0.308 e. The van der Waals surface area contributed by atoms with Crippen LogP contribution in [0.15, 0.2) is 86.6 Å². The number of aliphatic carboxylic acids is 1. The van der Waals surface area contributed by atoms with Crippen LogP contribution in [0.25, 0.3) is 0 Å². The van der Waals surface area contributed by atoms with E-state index in [0.717, 1.165) is 179 Å². The summed E-state index contributed by atoms with van der Waals surface area (Å²) < 4.78 is 60.3. The summed E-state index contributed by atoms with van der Waals surface area (Å²) in [6.45, 7) is 91.2. The maximum absolute atomic E-state index is 11.4. The van der Waals surface area contributed by atoms with E-state index < -0.39 is 22.8 Å². The molecule has 4 N–H and O–H groups in total. The van der Waals surface area contributed by atoms with Crippen molar-refractivity contribution >= 4 is 59.7 Å². The lowest BCUT2D eigenvalue weighted by Gasteiger charge is -2.25. The molecule has 0 aromatic rings. The fraction of sp³-hybridized carbons (Fsp3) is 0.793. The summed E-state index contributed by atoms with van der Waals surface area (Å²) in [5.74, 6) is -2.32. The SMILES string of the molecule is C=C(C)CCCC(C)C(=O)OCC.C=CCOC(=O)C(C)CCC=C(C)C.C=CCOC(=O)C(C)CCCC(=C)C.C=CCOC(=O)C(C)CCCC(C)(C)O.C=CCOC(=O)C(C)CCCC(C)(C)OC.CC(CCCC(C)(C)O)C(=O)O.CCOC(=O)C(C)CCCC(C)(C)O.CCOC(=O)C(C)CCCC(C)(C)OC.CCOC(=O)C(C)CCCC(C)(C)OCC.COC(=O)C(C)CCCC(C)(C)C. The van der Waals surface area contributed by atoms with E-state index in [0.29, 0.717) is 70.9 Å². The third-order valence-corrected chi connectivity index (χ3v) is 22.1. The largest absolute Gasteiger partial charge is 0.481 e. The van der Waals surface area contributed by atoms with E-state index in [1.165, 1.54) is 18.3 Å². The van der Waals surface area contributed by atoms with Gasteiger partial charge in [0, 0.05) is 20.8 Å². The van der Waals surface area contributed by atoms with Gasteiger partial charge in [-0.05, 0) is 331 Å². The number of allylic oxidation sites excluding steroid dienone is 4. The van der Waals surface area contributed by atoms with E-state index >= 15 is 0 Å². The fourth-order valence-electron chi connectivity index (χ4n) is 12.3. The highest BCUT2D eigenvalue weighted by Gasteiger charge is 2.26. The summed E-state index contributed by atoms with van der Waals surface area (Å²) in [4.78, 5) is 112. The van der Waals surface area contributed by atoms with Crippen LogP contribution in [0, 0.1) is 64.6 Å². The Labute approximate surface area is 867 Å². The van der Waals surface area contributed by atoms with Gasteiger partial charge in [0.05, 0.1) is 126 Å². The van der Waals surface area contributed by atoms with Crippen molar-refractivity contribution in [3.63, 3.8) is 0 Å². The summed E-state index contributed by atoms with van der Waals surface area (Å²) in [5, 5.41) is 36.8. The number of carboxylic acids is 1. The van der Waals surface area contributed by atoms with Gasteiger partial charge >= 0.3 is 59.7 Å². The second kappa shape index (κ2) is 93.4. The first kappa shape index (κ1) is 155. The lowest BCUT2D eigenvalue weighted by atomic mass is 9.88. The number of carboxylic acid groups (broad SMARTS) is 1. The number of hydrogen-bond acceptors (Lipinski definition) is 25. The second-order valence-electron chi connectivity index (χ2n) is 42.5. The summed E-state index contributed by atoms with van der Waals surface area (Å²) in [5.41, 5.74) is 1.78. The van der Waals surface area contributed by atoms with Crippen molar-refractivity contribution in [2.24, 2.45) is 64.6 Å². The lowest BCUT2D eigenvalue weighted by molar-refractivity contribution is -0.148. The molecule has 838 valence electrons. The molecule has 0 saturated heterocycles. The Balaban J connectivity index is -0.000000171. The van der Waals surface area contributed by atoms with Crippen LogP contribution in [0.5, 0.6) is 0 Å². The van der Waals surface area contributed by atoms with Crippen molar-refractivity contribution in [2.45, 2.75) is 455 Å². The molecular weight excluding hydrogens is 1810 g/mol. The third-order valence-electron chi connectivity index (χ3n) is 22.1. The first-order valence-corrected chi connectivity index (χ1v) is 52.3. The average molecular weight is 2030 g/mol. The van der Waals surface area contributed by atoms with Gasteiger partial charge in [-0.15, -0.1) is 13.2 Å². The van der Waals surface area contributed by atoms with Gasteiger partial charge in [-0.25, -0.2) is 0 Å². The summed E-state index contributed by atoms with van der Waals surface area (Å²) in [6.07, 6.45) is 34.3. The number of ether oxygens (including phenoxy) is 12. The molecule has 0 aromatic carbocycles. The normalized spacial score (nSPS) is 13.2. The minimum atomic E-state index is -0.759. The quantitative estimate of drug-likeness (QED) is 0.0250. The van der Waals surface area contributed by atoms with Crippen LogP contribution in [0.1, 0.15) is 422 Å². The average Bonchev–Trinajstić information content (AvgIpc) is 0.918. The zero-order valence-electron chi connectivity index (χ0n) is 97.5. The van der Waals surface area contributed by atoms with Gasteiger partial charge in [-0.2, -0.15) is 0 Å². The molecule has 0 aromatic heterocycles. The lowest BCUT2D eigenvalue weighted by Crippen LogP contribution is -2.24. The molecule has 0 aliphatic carbocycles. The van der Waals surface area contributed by atoms with E-state index in [1.807, 2.05) is 118 Å². The van der Waals surface area contributed by atoms with E-state index in [9.17, 15) is 63.3 Å². The molecule has 0 bridgehead atoms.